The van der Waals surface area contributed by atoms with Crippen LogP contribution in [0.1, 0.15) is 82.8 Å². The fraction of sp³-hybridized carbons (Fsp3) is 0.433. The quantitative estimate of drug-likeness (QED) is 0.170. The number of carbonyl (C=O) groups is 3. The molecule has 0 radical (unpaired) electrons. The average Bonchev–Trinajstić information content (AvgIpc) is 2.81. The van der Waals surface area contributed by atoms with Gasteiger partial charge in [0.2, 0.25) is 5.75 Å². The van der Waals surface area contributed by atoms with Gasteiger partial charge in [-0.15, -0.1) is 0 Å². The number of hydrogen-bond donors (Lipinski definition) is 0. The number of methoxy groups -OCH3 is 2. The molecule has 0 atom stereocenters. The van der Waals surface area contributed by atoms with Crippen LogP contribution in [0.2, 0.25) is 0 Å². The lowest BCUT2D eigenvalue weighted by atomic mass is 9.95. The number of hydrogen-bond acceptors (Lipinski definition) is 7. The van der Waals surface area contributed by atoms with E-state index in [9.17, 15) is 14.4 Å². The maximum Gasteiger partial charge on any atom is 0.316 e. The van der Waals surface area contributed by atoms with Crippen molar-refractivity contribution in [1.82, 2.24) is 0 Å². The van der Waals surface area contributed by atoms with E-state index in [1.807, 2.05) is 19.9 Å². The van der Waals surface area contributed by atoms with Gasteiger partial charge in [0, 0.05) is 16.7 Å². The summed E-state index contributed by atoms with van der Waals surface area (Å²) in [5.74, 6) is 0.292. The van der Waals surface area contributed by atoms with Crippen LogP contribution in [0.25, 0.3) is 6.08 Å². The maximum absolute atomic E-state index is 12.9. The highest BCUT2D eigenvalue weighted by molar-refractivity contribution is 6.07. The van der Waals surface area contributed by atoms with E-state index in [1.54, 1.807) is 71.9 Å². The Balaban J connectivity index is 2.41. The Labute approximate surface area is 219 Å². The Morgan fingerprint density at radius 1 is 0.757 bits per heavy atom. The van der Waals surface area contributed by atoms with Gasteiger partial charge in [0.05, 0.1) is 25.0 Å². The first-order chi connectivity index (χ1) is 17.1. The molecule has 7 heteroatoms. The standard InChI is InChI=1S/C30H38O7/c1-18(2)22-17-20(24(34-9)26(35-10)25(22)37-28(33)30(6,7)8)13-16-23(31)19-11-14-21(15-12-19)36-27(32)29(3,4)5/h11-18H,1-10H3. The van der Waals surface area contributed by atoms with E-state index in [0.717, 1.165) is 5.56 Å². The third kappa shape index (κ3) is 7.44. The fourth-order valence-electron chi connectivity index (χ4n) is 3.17. The molecule has 0 bridgehead atoms. The predicted octanol–water partition coefficient (Wildman–Crippen LogP) is 6.63. The second kappa shape index (κ2) is 11.6. The second-order valence-electron chi connectivity index (χ2n) is 11.1. The number of carbonyl (C=O) groups excluding carboxylic acids is 3. The molecule has 2 aromatic carbocycles. The maximum atomic E-state index is 12.9. The van der Waals surface area contributed by atoms with Crippen molar-refractivity contribution in [2.24, 2.45) is 10.8 Å². The number of allylic oxidation sites excluding steroid dienone is 1. The van der Waals surface area contributed by atoms with Crippen molar-refractivity contribution >= 4 is 23.8 Å². The second-order valence-corrected chi connectivity index (χ2v) is 11.1. The van der Waals surface area contributed by atoms with Gasteiger partial charge in [-0.2, -0.15) is 0 Å². The third-order valence-electron chi connectivity index (χ3n) is 5.46. The lowest BCUT2D eigenvalue weighted by Gasteiger charge is -2.23. The average molecular weight is 511 g/mol. The van der Waals surface area contributed by atoms with Gasteiger partial charge in [-0.3, -0.25) is 14.4 Å². The molecule has 7 nitrogen and oxygen atoms in total. The highest BCUT2D eigenvalue weighted by Gasteiger charge is 2.29. The molecule has 0 aliphatic heterocycles. The molecule has 2 rings (SSSR count). The summed E-state index contributed by atoms with van der Waals surface area (Å²) >= 11 is 0. The Morgan fingerprint density at radius 2 is 1.27 bits per heavy atom. The molecule has 0 amide bonds. The first-order valence-electron chi connectivity index (χ1n) is 12.2. The molecule has 0 unspecified atom stereocenters. The molecule has 0 spiro atoms. The molecule has 37 heavy (non-hydrogen) atoms. The summed E-state index contributed by atoms with van der Waals surface area (Å²) in [6.45, 7) is 14.6. The highest BCUT2D eigenvalue weighted by Crippen LogP contribution is 2.46. The van der Waals surface area contributed by atoms with Gasteiger partial charge < -0.3 is 18.9 Å². The van der Waals surface area contributed by atoms with Crippen LogP contribution in [0.4, 0.5) is 0 Å². The van der Waals surface area contributed by atoms with Crippen LogP contribution in [0.3, 0.4) is 0 Å². The van der Waals surface area contributed by atoms with Crippen molar-refractivity contribution in [3.63, 3.8) is 0 Å². The van der Waals surface area contributed by atoms with Gasteiger partial charge in [0.15, 0.2) is 17.3 Å². The molecule has 0 fully saturated rings. The SMILES string of the molecule is COc1c(C=CC(=O)c2ccc(OC(=O)C(C)(C)C)cc2)cc(C(C)C)c(OC(=O)C(C)(C)C)c1OC. The Hall–Kier alpha value is -3.61. The molecular weight excluding hydrogens is 472 g/mol. The van der Waals surface area contributed by atoms with Crippen LogP contribution in [-0.2, 0) is 9.59 Å². The van der Waals surface area contributed by atoms with E-state index in [-0.39, 0.29) is 23.4 Å². The first-order valence-corrected chi connectivity index (χ1v) is 12.2. The number of ether oxygens (including phenoxy) is 4. The van der Waals surface area contributed by atoms with E-state index in [0.29, 0.717) is 28.4 Å². The number of ketones is 1. The zero-order chi connectivity index (χ0) is 28.1. The minimum absolute atomic E-state index is 0.00576. The van der Waals surface area contributed by atoms with Gasteiger partial charge in [-0.25, -0.2) is 0 Å². The zero-order valence-electron chi connectivity index (χ0n) is 23.5. The third-order valence-corrected chi connectivity index (χ3v) is 5.46. The minimum atomic E-state index is -0.710. The van der Waals surface area contributed by atoms with Crippen molar-refractivity contribution in [3.05, 3.63) is 53.1 Å². The van der Waals surface area contributed by atoms with Gasteiger partial charge >= 0.3 is 11.9 Å². The largest absolute Gasteiger partial charge is 0.492 e. The summed E-state index contributed by atoms with van der Waals surface area (Å²) in [6, 6.07) is 8.21. The lowest BCUT2D eigenvalue weighted by Crippen LogP contribution is -2.26. The number of benzene rings is 2. The van der Waals surface area contributed by atoms with E-state index in [1.165, 1.54) is 20.3 Å². The molecule has 0 aliphatic carbocycles. The van der Waals surface area contributed by atoms with Gasteiger partial charge in [-0.05, 0) is 89.9 Å². The topological polar surface area (TPSA) is 88.1 Å². The molecule has 0 heterocycles. The van der Waals surface area contributed by atoms with Crippen LogP contribution in [-0.4, -0.2) is 31.9 Å². The van der Waals surface area contributed by atoms with Gasteiger partial charge in [0.25, 0.3) is 0 Å². The molecule has 0 aliphatic rings. The molecule has 200 valence electrons. The van der Waals surface area contributed by atoms with E-state index in [2.05, 4.69) is 0 Å². The summed E-state index contributed by atoms with van der Waals surface area (Å²) in [5.41, 5.74) is 0.429. The molecule has 2 aromatic rings. The first kappa shape index (κ1) is 29.6. The smallest absolute Gasteiger partial charge is 0.316 e. The number of esters is 2. The zero-order valence-corrected chi connectivity index (χ0v) is 23.5. The van der Waals surface area contributed by atoms with Crippen LogP contribution in [0.5, 0.6) is 23.0 Å². The van der Waals surface area contributed by atoms with E-state index < -0.39 is 16.8 Å². The summed E-state index contributed by atoms with van der Waals surface area (Å²) in [6.07, 6.45) is 3.07. The van der Waals surface area contributed by atoms with Gasteiger partial charge in [-0.1, -0.05) is 13.8 Å². The van der Waals surface area contributed by atoms with Crippen LogP contribution >= 0.6 is 0 Å². The summed E-state index contributed by atoms with van der Waals surface area (Å²) in [4.78, 5) is 37.6. The van der Waals surface area contributed by atoms with Crippen LogP contribution < -0.4 is 18.9 Å². The summed E-state index contributed by atoms with van der Waals surface area (Å²) < 4.78 is 22.3. The normalized spacial score (nSPS) is 12.0. The summed E-state index contributed by atoms with van der Waals surface area (Å²) in [7, 11) is 2.96. The van der Waals surface area contributed by atoms with E-state index in [4.69, 9.17) is 18.9 Å². The summed E-state index contributed by atoms with van der Waals surface area (Å²) in [5, 5.41) is 0. The van der Waals surface area contributed by atoms with Crippen molar-refractivity contribution in [3.8, 4) is 23.0 Å². The van der Waals surface area contributed by atoms with Crippen molar-refractivity contribution in [2.45, 2.75) is 61.3 Å². The Kier molecular flexibility index (Phi) is 9.31. The Morgan fingerprint density at radius 3 is 1.73 bits per heavy atom. The minimum Gasteiger partial charge on any atom is -0.492 e. The van der Waals surface area contributed by atoms with Crippen LogP contribution in [0, 0.1) is 10.8 Å². The number of rotatable bonds is 8. The van der Waals surface area contributed by atoms with Crippen LogP contribution in [0.15, 0.2) is 36.4 Å². The molecule has 0 aromatic heterocycles. The van der Waals surface area contributed by atoms with E-state index >= 15 is 0 Å². The van der Waals surface area contributed by atoms with Crippen molar-refractivity contribution in [1.29, 1.82) is 0 Å². The molecule has 0 saturated carbocycles. The fourth-order valence-corrected chi connectivity index (χ4v) is 3.17. The molecule has 0 saturated heterocycles. The lowest BCUT2D eigenvalue weighted by molar-refractivity contribution is -0.143. The molecule has 0 N–H and O–H groups in total. The Bertz CT molecular complexity index is 1170. The van der Waals surface area contributed by atoms with Crippen molar-refractivity contribution in [2.75, 3.05) is 14.2 Å². The van der Waals surface area contributed by atoms with Crippen molar-refractivity contribution < 1.29 is 33.3 Å². The van der Waals surface area contributed by atoms with Gasteiger partial charge in [0.1, 0.15) is 5.75 Å². The monoisotopic (exact) mass is 510 g/mol. The molecular formula is C30H38O7. The highest BCUT2D eigenvalue weighted by atomic mass is 16.6. The predicted molar refractivity (Wildman–Crippen MR) is 144 cm³/mol.